The SMILES string of the molecule is c1nc(C2CCNCC2)cc(N2CC3CC4CC2C[C@@H](C4)C3)n1. The molecular formula is C19H28N4. The molecule has 4 atom stereocenters. The molecule has 0 aromatic carbocycles. The molecule has 3 aliphatic heterocycles. The van der Waals surface area contributed by atoms with Gasteiger partial charge in [0.05, 0.1) is 0 Å². The van der Waals surface area contributed by atoms with Gasteiger partial charge in [-0.3, -0.25) is 0 Å². The summed E-state index contributed by atoms with van der Waals surface area (Å²) < 4.78 is 0. The Hall–Kier alpha value is -1.16. The fourth-order valence-corrected chi connectivity index (χ4v) is 5.92. The maximum absolute atomic E-state index is 4.70. The second kappa shape index (κ2) is 5.73. The lowest BCUT2D eigenvalue weighted by Crippen LogP contribution is -2.38. The van der Waals surface area contributed by atoms with Crippen LogP contribution >= 0.6 is 0 Å². The van der Waals surface area contributed by atoms with E-state index in [1.807, 2.05) is 6.33 Å². The van der Waals surface area contributed by atoms with Gasteiger partial charge in [0.25, 0.3) is 0 Å². The van der Waals surface area contributed by atoms with Crippen molar-refractivity contribution in [3.8, 4) is 0 Å². The normalized spacial score (nSPS) is 37.1. The summed E-state index contributed by atoms with van der Waals surface area (Å²) in [6, 6.07) is 3.06. The lowest BCUT2D eigenvalue weighted by atomic mass is 9.68. The first-order valence-corrected chi connectivity index (χ1v) is 9.64. The van der Waals surface area contributed by atoms with Gasteiger partial charge in [-0.1, -0.05) is 0 Å². The van der Waals surface area contributed by atoms with E-state index in [0.29, 0.717) is 5.92 Å². The molecular weight excluding hydrogens is 284 g/mol. The van der Waals surface area contributed by atoms with Gasteiger partial charge >= 0.3 is 0 Å². The molecule has 6 rings (SSSR count). The van der Waals surface area contributed by atoms with Gasteiger partial charge in [0.1, 0.15) is 12.1 Å². The third kappa shape index (κ3) is 2.65. The average molecular weight is 312 g/mol. The Morgan fingerprint density at radius 3 is 2.43 bits per heavy atom. The third-order valence-corrected chi connectivity index (χ3v) is 6.83. The Bertz CT molecular complexity index is 554. The quantitative estimate of drug-likeness (QED) is 0.911. The molecule has 1 aromatic heterocycles. The molecule has 4 heterocycles. The Kier molecular flexibility index (Phi) is 3.54. The van der Waals surface area contributed by atoms with Crippen molar-refractivity contribution in [1.82, 2.24) is 15.3 Å². The molecule has 23 heavy (non-hydrogen) atoms. The van der Waals surface area contributed by atoms with Crippen LogP contribution in [0.2, 0.25) is 0 Å². The number of hydrogen-bond acceptors (Lipinski definition) is 4. The van der Waals surface area contributed by atoms with E-state index in [1.165, 1.54) is 63.0 Å². The molecule has 4 bridgehead atoms. The van der Waals surface area contributed by atoms with Crippen LogP contribution in [0.1, 0.15) is 56.6 Å². The summed E-state index contributed by atoms with van der Waals surface area (Å²) in [5.41, 5.74) is 1.28. The van der Waals surface area contributed by atoms with E-state index in [0.717, 1.165) is 36.9 Å². The molecule has 1 N–H and O–H groups in total. The summed E-state index contributed by atoms with van der Waals surface area (Å²) >= 11 is 0. The van der Waals surface area contributed by atoms with Gasteiger partial charge in [0, 0.05) is 30.3 Å². The molecule has 5 fully saturated rings. The van der Waals surface area contributed by atoms with Gasteiger partial charge in [-0.15, -0.1) is 0 Å². The van der Waals surface area contributed by atoms with Crippen LogP contribution in [-0.4, -0.2) is 35.6 Å². The Labute approximate surface area is 139 Å². The first-order valence-electron chi connectivity index (χ1n) is 9.64. The van der Waals surface area contributed by atoms with E-state index in [1.54, 1.807) is 0 Å². The topological polar surface area (TPSA) is 41.1 Å². The van der Waals surface area contributed by atoms with Crippen LogP contribution in [0, 0.1) is 17.8 Å². The minimum Gasteiger partial charge on any atom is -0.353 e. The fourth-order valence-electron chi connectivity index (χ4n) is 5.92. The van der Waals surface area contributed by atoms with Crippen molar-refractivity contribution in [1.29, 1.82) is 0 Å². The molecule has 2 saturated carbocycles. The van der Waals surface area contributed by atoms with E-state index < -0.39 is 0 Å². The predicted molar refractivity (Wildman–Crippen MR) is 91.6 cm³/mol. The molecule has 1 aromatic rings. The zero-order valence-electron chi connectivity index (χ0n) is 14.0. The van der Waals surface area contributed by atoms with Crippen LogP contribution in [0.15, 0.2) is 12.4 Å². The zero-order chi connectivity index (χ0) is 15.2. The van der Waals surface area contributed by atoms with E-state index in [-0.39, 0.29) is 0 Å². The Balaban J connectivity index is 1.42. The lowest BCUT2D eigenvalue weighted by Gasteiger charge is -2.39. The van der Waals surface area contributed by atoms with Gasteiger partial charge in [0.15, 0.2) is 0 Å². The molecule has 124 valence electrons. The van der Waals surface area contributed by atoms with Crippen LogP contribution in [-0.2, 0) is 0 Å². The Morgan fingerprint density at radius 2 is 1.65 bits per heavy atom. The summed E-state index contributed by atoms with van der Waals surface area (Å²) in [6.07, 6.45) is 11.5. The van der Waals surface area contributed by atoms with Gasteiger partial charge < -0.3 is 10.2 Å². The maximum atomic E-state index is 4.70. The summed E-state index contributed by atoms with van der Waals surface area (Å²) in [6.45, 7) is 3.49. The lowest BCUT2D eigenvalue weighted by molar-refractivity contribution is 0.157. The third-order valence-electron chi connectivity index (χ3n) is 6.83. The van der Waals surface area contributed by atoms with Crippen molar-refractivity contribution in [3.63, 3.8) is 0 Å². The number of anilines is 1. The van der Waals surface area contributed by atoms with E-state index in [4.69, 9.17) is 4.98 Å². The molecule has 0 amide bonds. The highest BCUT2D eigenvalue weighted by Gasteiger charge is 2.43. The first kappa shape index (κ1) is 14.2. The van der Waals surface area contributed by atoms with Crippen LogP contribution in [0.5, 0.6) is 0 Å². The van der Waals surface area contributed by atoms with Gasteiger partial charge in [0.2, 0.25) is 0 Å². The molecule has 3 saturated heterocycles. The number of rotatable bonds is 2. The number of aromatic nitrogens is 2. The molecule has 0 spiro atoms. The molecule has 0 radical (unpaired) electrons. The van der Waals surface area contributed by atoms with E-state index in [9.17, 15) is 0 Å². The summed E-state index contributed by atoms with van der Waals surface area (Å²) in [4.78, 5) is 12.0. The fraction of sp³-hybridized carbons (Fsp3) is 0.789. The second-order valence-electron chi connectivity index (χ2n) is 8.41. The number of nitrogens with one attached hydrogen (secondary N) is 1. The van der Waals surface area contributed by atoms with Gasteiger partial charge in [-0.2, -0.15) is 0 Å². The molecule has 4 heteroatoms. The van der Waals surface area contributed by atoms with E-state index >= 15 is 0 Å². The van der Waals surface area contributed by atoms with Crippen molar-refractivity contribution in [2.75, 3.05) is 24.5 Å². The molecule has 4 nitrogen and oxygen atoms in total. The van der Waals surface area contributed by atoms with Crippen molar-refractivity contribution in [3.05, 3.63) is 18.1 Å². The number of hydrogen-bond donors (Lipinski definition) is 1. The van der Waals surface area contributed by atoms with Crippen LogP contribution in [0.3, 0.4) is 0 Å². The summed E-state index contributed by atoms with van der Waals surface area (Å²) in [5.74, 6) is 4.73. The Morgan fingerprint density at radius 1 is 0.913 bits per heavy atom. The van der Waals surface area contributed by atoms with Crippen molar-refractivity contribution in [2.24, 2.45) is 17.8 Å². The standard InChI is InChI=1S/C19H28N4/c1-3-20-4-2-16(1)18-10-19(22-12-21-18)23-11-15-6-13-5-14(7-15)9-17(23)8-13/h10,12-17,20H,1-9,11H2/t13-,14?,15?,17?/m0/s1. The van der Waals surface area contributed by atoms with Gasteiger partial charge in [-0.25, -0.2) is 9.97 Å². The van der Waals surface area contributed by atoms with Crippen molar-refractivity contribution in [2.45, 2.75) is 56.9 Å². The highest BCUT2D eigenvalue weighted by Crippen LogP contribution is 2.48. The zero-order valence-corrected chi connectivity index (χ0v) is 14.0. The highest BCUT2D eigenvalue weighted by atomic mass is 15.2. The van der Waals surface area contributed by atoms with Crippen molar-refractivity contribution < 1.29 is 0 Å². The largest absolute Gasteiger partial charge is 0.353 e. The first-order chi connectivity index (χ1) is 11.3. The van der Waals surface area contributed by atoms with Crippen LogP contribution < -0.4 is 10.2 Å². The smallest absolute Gasteiger partial charge is 0.132 e. The second-order valence-corrected chi connectivity index (χ2v) is 8.41. The highest BCUT2D eigenvalue weighted by molar-refractivity contribution is 5.42. The number of fused-ring (bicyclic) bond motifs is 1. The number of piperidine rings is 1. The summed E-state index contributed by atoms with van der Waals surface area (Å²) in [7, 11) is 0. The van der Waals surface area contributed by atoms with Crippen molar-refractivity contribution >= 4 is 5.82 Å². The van der Waals surface area contributed by atoms with Gasteiger partial charge in [-0.05, 0) is 75.8 Å². The average Bonchev–Trinajstić information content (AvgIpc) is 2.79. The maximum Gasteiger partial charge on any atom is 0.132 e. The minimum absolute atomic E-state index is 0.623. The molecule has 3 unspecified atom stereocenters. The monoisotopic (exact) mass is 312 g/mol. The predicted octanol–water partition coefficient (Wildman–Crippen LogP) is 2.96. The van der Waals surface area contributed by atoms with Crippen LogP contribution in [0.25, 0.3) is 0 Å². The molecule has 2 aliphatic carbocycles. The number of nitrogens with zero attached hydrogens (tertiary/aromatic N) is 3. The molecule has 5 aliphatic rings. The van der Waals surface area contributed by atoms with Crippen LogP contribution in [0.4, 0.5) is 5.82 Å². The van der Waals surface area contributed by atoms with E-state index in [2.05, 4.69) is 21.3 Å². The minimum atomic E-state index is 0.623. The summed E-state index contributed by atoms with van der Waals surface area (Å²) in [5, 5.41) is 3.46.